The molecule has 0 fully saturated rings. The molecule has 2 N–H and O–H groups in total. The number of carbonyl (C=O) groups excluding carboxylic acids is 2. The number of hydrogen-bond acceptors (Lipinski definition) is 4. The average Bonchev–Trinajstić information content (AvgIpc) is 2.90. The second kappa shape index (κ2) is 10.0. The number of benzene rings is 4. The fourth-order valence-electron chi connectivity index (χ4n) is 3.95. The van der Waals surface area contributed by atoms with Gasteiger partial charge >= 0.3 is 0 Å². The van der Waals surface area contributed by atoms with Crippen LogP contribution >= 0.6 is 15.9 Å². The molecule has 2 amide bonds. The van der Waals surface area contributed by atoms with Crippen LogP contribution in [0.25, 0.3) is 0 Å². The van der Waals surface area contributed by atoms with Gasteiger partial charge in [0.2, 0.25) is 0 Å². The van der Waals surface area contributed by atoms with Gasteiger partial charge in [-0.25, -0.2) is 5.01 Å². The number of hydrazine groups is 1. The van der Waals surface area contributed by atoms with Crippen LogP contribution in [-0.4, -0.2) is 16.8 Å². The van der Waals surface area contributed by atoms with Crippen LogP contribution in [0.3, 0.4) is 0 Å². The van der Waals surface area contributed by atoms with Crippen molar-refractivity contribution in [1.82, 2.24) is 10.4 Å². The maximum atomic E-state index is 13.5. The standard InChI is InChI=1S/C28H22BrN3O3/c29-21-15-16-24-23(17-21)28(34)32(26(30-24)20-11-5-2-6-12-20)31-27(33)22-13-7-8-14-25(22)35-18-19-9-3-1-4-10-19/h1-17,26,30H,18H2,(H,31,33)/t26-/m1/s1. The first kappa shape index (κ1) is 22.7. The predicted molar refractivity (Wildman–Crippen MR) is 138 cm³/mol. The van der Waals surface area contributed by atoms with Crippen molar-refractivity contribution in [1.29, 1.82) is 0 Å². The highest BCUT2D eigenvalue weighted by atomic mass is 79.9. The molecule has 0 spiro atoms. The number of nitrogens with one attached hydrogen (secondary N) is 2. The lowest BCUT2D eigenvalue weighted by Gasteiger charge is -2.38. The van der Waals surface area contributed by atoms with E-state index in [-0.39, 0.29) is 5.91 Å². The lowest BCUT2D eigenvalue weighted by molar-refractivity contribution is 0.0489. The number of anilines is 1. The van der Waals surface area contributed by atoms with E-state index < -0.39 is 12.1 Å². The number of nitrogens with zero attached hydrogens (tertiary/aromatic N) is 1. The Hall–Kier alpha value is -4.10. The molecule has 1 heterocycles. The minimum absolute atomic E-state index is 0.315. The molecular weight excluding hydrogens is 506 g/mol. The van der Waals surface area contributed by atoms with Gasteiger partial charge in [0.15, 0.2) is 0 Å². The summed E-state index contributed by atoms with van der Waals surface area (Å²) in [5, 5.41) is 4.71. The molecule has 4 aromatic carbocycles. The first-order valence-electron chi connectivity index (χ1n) is 11.1. The third-order valence-corrected chi connectivity index (χ3v) is 6.18. The summed E-state index contributed by atoms with van der Waals surface area (Å²) in [6, 6.07) is 31.7. The zero-order valence-electron chi connectivity index (χ0n) is 18.6. The zero-order chi connectivity index (χ0) is 24.2. The first-order valence-corrected chi connectivity index (χ1v) is 11.9. The van der Waals surface area contributed by atoms with Crippen molar-refractivity contribution < 1.29 is 14.3 Å². The number of halogens is 1. The number of rotatable bonds is 6. The van der Waals surface area contributed by atoms with Gasteiger partial charge in [-0.05, 0) is 41.5 Å². The summed E-state index contributed by atoms with van der Waals surface area (Å²) >= 11 is 3.43. The van der Waals surface area contributed by atoms with Gasteiger partial charge in [-0.3, -0.25) is 15.0 Å². The lowest BCUT2D eigenvalue weighted by Crippen LogP contribution is -2.52. The van der Waals surface area contributed by atoms with Crippen LogP contribution in [0.1, 0.15) is 38.0 Å². The molecule has 0 saturated carbocycles. The van der Waals surface area contributed by atoms with E-state index in [2.05, 4.69) is 26.7 Å². The lowest BCUT2D eigenvalue weighted by atomic mass is 10.0. The van der Waals surface area contributed by atoms with E-state index in [0.29, 0.717) is 29.2 Å². The Balaban J connectivity index is 1.44. The highest BCUT2D eigenvalue weighted by Gasteiger charge is 2.35. The Morgan fingerprint density at radius 2 is 1.60 bits per heavy atom. The molecule has 0 unspecified atom stereocenters. The van der Waals surface area contributed by atoms with Crippen LogP contribution < -0.4 is 15.5 Å². The quantitative estimate of drug-likeness (QED) is 0.325. The number of ether oxygens (including phenoxy) is 1. The van der Waals surface area contributed by atoms with Gasteiger partial charge in [-0.2, -0.15) is 0 Å². The van der Waals surface area contributed by atoms with Gasteiger partial charge in [-0.15, -0.1) is 0 Å². The molecule has 0 aromatic heterocycles. The summed E-state index contributed by atoms with van der Waals surface area (Å²) < 4.78 is 6.73. The van der Waals surface area contributed by atoms with Gasteiger partial charge in [0, 0.05) is 10.2 Å². The van der Waals surface area contributed by atoms with E-state index in [1.54, 1.807) is 24.3 Å². The molecule has 0 saturated heterocycles. The highest BCUT2D eigenvalue weighted by molar-refractivity contribution is 9.10. The molecule has 1 aliphatic heterocycles. The molecule has 0 aliphatic carbocycles. The van der Waals surface area contributed by atoms with E-state index >= 15 is 0 Å². The molecule has 1 aliphatic rings. The third-order valence-electron chi connectivity index (χ3n) is 5.69. The molecule has 4 aromatic rings. The van der Waals surface area contributed by atoms with E-state index in [9.17, 15) is 9.59 Å². The van der Waals surface area contributed by atoms with Gasteiger partial charge in [0.1, 0.15) is 18.5 Å². The van der Waals surface area contributed by atoms with Crippen LogP contribution in [0.4, 0.5) is 5.69 Å². The zero-order valence-corrected chi connectivity index (χ0v) is 20.2. The smallest absolute Gasteiger partial charge is 0.276 e. The Labute approximate surface area is 211 Å². The Morgan fingerprint density at radius 1 is 0.914 bits per heavy atom. The maximum Gasteiger partial charge on any atom is 0.276 e. The molecule has 5 rings (SSSR count). The monoisotopic (exact) mass is 527 g/mol. The molecule has 6 nitrogen and oxygen atoms in total. The molecule has 35 heavy (non-hydrogen) atoms. The minimum atomic E-state index is -0.585. The SMILES string of the molecule is O=C(NN1C(=O)c2cc(Br)ccc2N[C@H]1c1ccccc1)c1ccccc1OCc1ccccc1. The Bertz CT molecular complexity index is 1360. The van der Waals surface area contributed by atoms with Crippen molar-refractivity contribution in [2.75, 3.05) is 5.32 Å². The summed E-state index contributed by atoms with van der Waals surface area (Å²) in [4.78, 5) is 27.0. The van der Waals surface area contributed by atoms with Crippen LogP contribution in [0.5, 0.6) is 5.75 Å². The van der Waals surface area contributed by atoms with Gasteiger partial charge in [-0.1, -0.05) is 88.7 Å². The second-order valence-electron chi connectivity index (χ2n) is 8.03. The first-order chi connectivity index (χ1) is 17.1. The summed E-state index contributed by atoms with van der Waals surface area (Å²) in [7, 11) is 0. The largest absolute Gasteiger partial charge is 0.488 e. The van der Waals surface area contributed by atoms with Crippen molar-refractivity contribution >= 4 is 33.4 Å². The predicted octanol–water partition coefficient (Wildman–Crippen LogP) is 5.94. The summed E-state index contributed by atoms with van der Waals surface area (Å²) in [5.74, 6) is -0.321. The van der Waals surface area contributed by atoms with Crippen molar-refractivity contribution in [2.45, 2.75) is 12.8 Å². The maximum absolute atomic E-state index is 13.5. The van der Waals surface area contributed by atoms with Crippen LogP contribution in [0, 0.1) is 0 Å². The van der Waals surface area contributed by atoms with E-state index in [0.717, 1.165) is 15.6 Å². The number of fused-ring (bicyclic) bond motifs is 1. The Morgan fingerprint density at radius 3 is 2.37 bits per heavy atom. The molecule has 7 heteroatoms. The number of para-hydroxylation sites is 1. The van der Waals surface area contributed by atoms with Crippen molar-refractivity contribution in [3.63, 3.8) is 0 Å². The molecule has 174 valence electrons. The van der Waals surface area contributed by atoms with E-state index in [1.807, 2.05) is 78.9 Å². The van der Waals surface area contributed by atoms with E-state index in [1.165, 1.54) is 5.01 Å². The third kappa shape index (κ3) is 4.90. The van der Waals surface area contributed by atoms with Crippen molar-refractivity contribution in [2.24, 2.45) is 0 Å². The summed E-state index contributed by atoms with van der Waals surface area (Å²) in [6.07, 6.45) is -0.585. The second-order valence-corrected chi connectivity index (χ2v) is 8.95. The van der Waals surface area contributed by atoms with Crippen LogP contribution in [0.15, 0.2) is 108 Å². The van der Waals surface area contributed by atoms with Gasteiger partial charge in [0.05, 0.1) is 11.1 Å². The number of amides is 2. The number of hydrogen-bond donors (Lipinski definition) is 2. The fourth-order valence-corrected chi connectivity index (χ4v) is 4.31. The Kier molecular flexibility index (Phi) is 6.50. The average molecular weight is 528 g/mol. The highest BCUT2D eigenvalue weighted by Crippen LogP contribution is 2.34. The normalized spacial score (nSPS) is 14.6. The van der Waals surface area contributed by atoms with Crippen molar-refractivity contribution in [3.8, 4) is 5.75 Å². The van der Waals surface area contributed by atoms with E-state index in [4.69, 9.17) is 4.74 Å². The van der Waals surface area contributed by atoms with Crippen LogP contribution in [0.2, 0.25) is 0 Å². The molecule has 0 bridgehead atoms. The minimum Gasteiger partial charge on any atom is -0.488 e. The van der Waals surface area contributed by atoms with Crippen molar-refractivity contribution in [3.05, 3.63) is 130 Å². The molecule has 0 radical (unpaired) electrons. The van der Waals surface area contributed by atoms with Crippen LogP contribution in [-0.2, 0) is 6.61 Å². The van der Waals surface area contributed by atoms with Gasteiger partial charge < -0.3 is 10.1 Å². The molecule has 1 atom stereocenters. The number of carbonyl (C=O) groups is 2. The summed E-state index contributed by atoms with van der Waals surface area (Å²) in [5.41, 5.74) is 6.14. The molecular formula is C28H22BrN3O3. The van der Waals surface area contributed by atoms with Gasteiger partial charge in [0.25, 0.3) is 11.8 Å². The summed E-state index contributed by atoms with van der Waals surface area (Å²) in [6.45, 7) is 0.323. The fraction of sp³-hybridized carbons (Fsp3) is 0.0714. The topological polar surface area (TPSA) is 70.7 Å².